The lowest BCUT2D eigenvalue weighted by Crippen LogP contribution is -3.00. The van der Waals surface area contributed by atoms with Crippen LogP contribution in [0.4, 0.5) is 0 Å². The summed E-state index contributed by atoms with van der Waals surface area (Å²) >= 11 is 6.31. The molecule has 0 aliphatic heterocycles. The lowest BCUT2D eigenvalue weighted by molar-refractivity contribution is -0.660. The average molecular weight is 342 g/mol. The van der Waals surface area contributed by atoms with Crippen LogP contribution in [0.25, 0.3) is 0 Å². The van der Waals surface area contributed by atoms with Gasteiger partial charge in [0.15, 0.2) is 0 Å². The van der Waals surface area contributed by atoms with Crippen molar-refractivity contribution < 1.29 is 22.8 Å². The topological polar surface area (TPSA) is 36.8 Å². The van der Waals surface area contributed by atoms with Crippen molar-refractivity contribution in [3.05, 3.63) is 0 Å². The van der Waals surface area contributed by atoms with Gasteiger partial charge in [-0.2, -0.15) is 0 Å². The van der Waals surface area contributed by atoms with Crippen LogP contribution in [0.15, 0.2) is 0 Å². The van der Waals surface area contributed by atoms with Crippen LogP contribution in [-0.2, 0) is 0 Å². The van der Waals surface area contributed by atoms with Crippen LogP contribution >= 0.6 is 11.6 Å². The highest BCUT2D eigenvalue weighted by Gasteiger charge is 2.06. The summed E-state index contributed by atoms with van der Waals surface area (Å²) in [5, 5.41) is 11.6. The van der Waals surface area contributed by atoms with Crippen molar-refractivity contribution in [1.29, 1.82) is 0 Å². The Morgan fingerprint density at radius 1 is 0.857 bits per heavy atom. The van der Waals surface area contributed by atoms with Gasteiger partial charge in [-0.25, -0.2) is 0 Å². The van der Waals surface area contributed by atoms with E-state index in [0.717, 1.165) is 31.8 Å². The molecule has 0 amide bonds. The summed E-state index contributed by atoms with van der Waals surface area (Å²) in [4.78, 5) is 0. The second kappa shape index (κ2) is 16.9. The van der Waals surface area contributed by atoms with E-state index < -0.39 is 0 Å². The first-order valence-electron chi connectivity index (χ1n) is 8.66. The molecular formula is C17H37Cl2NO. The van der Waals surface area contributed by atoms with Gasteiger partial charge in [0, 0.05) is 11.8 Å². The minimum atomic E-state index is -0.209. The van der Waals surface area contributed by atoms with Crippen molar-refractivity contribution in [2.75, 3.05) is 13.1 Å². The Bertz CT molecular complexity index is 201. The number of alkyl halides is 1. The van der Waals surface area contributed by atoms with Crippen molar-refractivity contribution in [2.24, 2.45) is 5.92 Å². The summed E-state index contributed by atoms with van der Waals surface area (Å²) in [5.41, 5.74) is 0. The molecule has 0 rings (SSSR count). The van der Waals surface area contributed by atoms with Gasteiger partial charge in [-0.3, -0.25) is 0 Å². The third kappa shape index (κ3) is 20.5. The van der Waals surface area contributed by atoms with Crippen molar-refractivity contribution in [3.63, 3.8) is 0 Å². The average Bonchev–Trinajstić information content (AvgIpc) is 2.37. The Morgan fingerprint density at radius 3 is 1.90 bits per heavy atom. The minimum absolute atomic E-state index is 0. The number of halogens is 2. The Kier molecular flexibility index (Phi) is 19.1. The van der Waals surface area contributed by atoms with Gasteiger partial charge in [0.05, 0.1) is 12.6 Å². The van der Waals surface area contributed by atoms with E-state index in [1.165, 1.54) is 44.9 Å². The molecule has 2 nitrogen and oxygen atoms in total. The molecule has 2 atom stereocenters. The van der Waals surface area contributed by atoms with Crippen LogP contribution < -0.4 is 17.7 Å². The normalized spacial score (nSPS) is 14.0. The lowest BCUT2D eigenvalue weighted by atomic mass is 10.0. The predicted octanol–water partition coefficient (Wildman–Crippen LogP) is 0.709. The molecule has 0 saturated carbocycles. The van der Waals surface area contributed by atoms with Crippen LogP contribution in [0.3, 0.4) is 0 Å². The number of rotatable bonds is 14. The van der Waals surface area contributed by atoms with Gasteiger partial charge in [0.2, 0.25) is 0 Å². The van der Waals surface area contributed by atoms with Crippen LogP contribution in [0.5, 0.6) is 0 Å². The molecule has 3 N–H and O–H groups in total. The molecule has 0 aliphatic carbocycles. The first-order valence-corrected chi connectivity index (χ1v) is 9.09. The number of aliphatic hydroxyl groups is 1. The van der Waals surface area contributed by atoms with E-state index in [1.54, 1.807) is 0 Å². The number of unbranched alkanes of at least 4 members (excludes halogenated alkanes) is 5. The van der Waals surface area contributed by atoms with Gasteiger partial charge in [0.25, 0.3) is 0 Å². The second-order valence-electron chi connectivity index (χ2n) is 6.64. The summed E-state index contributed by atoms with van der Waals surface area (Å²) in [6, 6.07) is 0. The molecule has 0 aromatic rings. The van der Waals surface area contributed by atoms with Crippen molar-refractivity contribution in [3.8, 4) is 0 Å². The third-order valence-corrected chi connectivity index (χ3v) is 4.18. The molecule has 21 heavy (non-hydrogen) atoms. The fourth-order valence-corrected chi connectivity index (χ4v) is 2.71. The van der Waals surface area contributed by atoms with E-state index in [2.05, 4.69) is 19.2 Å². The first-order chi connectivity index (χ1) is 9.52. The molecule has 0 aliphatic rings. The Morgan fingerprint density at radius 2 is 1.38 bits per heavy atom. The highest BCUT2D eigenvalue weighted by Crippen LogP contribution is 2.15. The lowest BCUT2D eigenvalue weighted by Gasteiger charge is -2.09. The SMILES string of the molecule is CC(C)CCCCCCCCC(Cl)CC[NH2+]CC(C)O.[Cl-]. The van der Waals surface area contributed by atoms with Crippen LogP contribution in [0.1, 0.15) is 78.6 Å². The van der Waals surface area contributed by atoms with E-state index in [4.69, 9.17) is 16.7 Å². The molecule has 0 fully saturated rings. The maximum absolute atomic E-state index is 9.15. The fraction of sp³-hybridized carbons (Fsp3) is 1.00. The summed E-state index contributed by atoms with van der Waals surface area (Å²) < 4.78 is 0. The Balaban J connectivity index is 0. The molecule has 0 spiro atoms. The molecule has 130 valence electrons. The second-order valence-corrected chi connectivity index (χ2v) is 7.26. The highest BCUT2D eigenvalue weighted by molar-refractivity contribution is 6.20. The molecule has 0 aromatic heterocycles. The molecule has 0 aromatic carbocycles. The van der Waals surface area contributed by atoms with Crippen LogP contribution in [0.2, 0.25) is 0 Å². The summed E-state index contributed by atoms with van der Waals surface area (Å²) in [7, 11) is 0. The van der Waals surface area contributed by atoms with Gasteiger partial charge < -0.3 is 22.8 Å². The Labute approximate surface area is 143 Å². The fourth-order valence-electron chi connectivity index (χ4n) is 2.43. The van der Waals surface area contributed by atoms with Crippen LogP contribution in [0, 0.1) is 5.92 Å². The molecule has 2 unspecified atom stereocenters. The molecular weight excluding hydrogens is 305 g/mol. The highest BCUT2D eigenvalue weighted by atomic mass is 35.5. The zero-order valence-corrected chi connectivity index (χ0v) is 15.8. The number of nitrogens with two attached hydrogens (primary N) is 1. The molecule has 0 radical (unpaired) electrons. The van der Waals surface area contributed by atoms with Gasteiger partial charge in [-0.1, -0.05) is 58.8 Å². The van der Waals surface area contributed by atoms with E-state index in [0.29, 0.717) is 5.38 Å². The zero-order valence-electron chi connectivity index (χ0n) is 14.3. The monoisotopic (exact) mass is 341 g/mol. The van der Waals surface area contributed by atoms with Crippen LogP contribution in [-0.4, -0.2) is 29.7 Å². The zero-order chi connectivity index (χ0) is 15.2. The van der Waals surface area contributed by atoms with E-state index in [9.17, 15) is 0 Å². The van der Waals surface area contributed by atoms with Crippen molar-refractivity contribution >= 4 is 11.6 Å². The predicted molar refractivity (Wildman–Crippen MR) is 89.4 cm³/mol. The first kappa shape index (κ1) is 23.8. The van der Waals surface area contributed by atoms with E-state index in [-0.39, 0.29) is 18.5 Å². The summed E-state index contributed by atoms with van der Waals surface area (Å²) in [6.07, 6.45) is 11.5. The summed E-state index contributed by atoms with van der Waals surface area (Å²) in [6.45, 7) is 8.27. The Hall–Kier alpha value is 0.500. The molecule has 0 saturated heterocycles. The van der Waals surface area contributed by atoms with Crippen molar-refractivity contribution in [2.45, 2.75) is 90.0 Å². The number of hydrogen-bond donors (Lipinski definition) is 2. The van der Waals surface area contributed by atoms with Gasteiger partial charge in [0.1, 0.15) is 6.54 Å². The number of quaternary nitrogens is 1. The largest absolute Gasteiger partial charge is 1.00 e. The maximum Gasteiger partial charge on any atom is 0.102 e. The third-order valence-electron chi connectivity index (χ3n) is 3.74. The number of hydrogen-bond acceptors (Lipinski definition) is 1. The summed E-state index contributed by atoms with van der Waals surface area (Å²) in [5.74, 6) is 0.859. The minimum Gasteiger partial charge on any atom is -1.00 e. The van der Waals surface area contributed by atoms with Gasteiger partial charge >= 0.3 is 0 Å². The van der Waals surface area contributed by atoms with Crippen molar-refractivity contribution in [1.82, 2.24) is 0 Å². The molecule has 0 heterocycles. The molecule has 4 heteroatoms. The maximum atomic E-state index is 9.15. The van der Waals surface area contributed by atoms with E-state index >= 15 is 0 Å². The van der Waals surface area contributed by atoms with Gasteiger partial charge in [-0.15, -0.1) is 11.6 Å². The quantitative estimate of drug-likeness (QED) is 0.354. The van der Waals surface area contributed by atoms with Gasteiger partial charge in [-0.05, 0) is 19.3 Å². The standard InChI is InChI=1S/C17H36ClNO.ClH/c1-15(2)10-8-6-4-5-7-9-11-17(18)12-13-19-14-16(3)20;/h15-17,19-20H,4-14H2,1-3H3;1H. The number of aliphatic hydroxyl groups excluding tert-OH is 1. The molecule has 0 bridgehead atoms. The smallest absolute Gasteiger partial charge is 0.102 e. The van der Waals surface area contributed by atoms with E-state index in [1.807, 2.05) is 6.92 Å².